The standard InChI is InChI=1S/C18H29N3/c1-2-4-12-20(11-3-1)16-18-7-13-21(14-8-18)15-17-5-9-19-10-6-17/h5-6,9-10,18H,1-4,7-8,11-16H2. The van der Waals surface area contributed by atoms with Gasteiger partial charge in [-0.15, -0.1) is 0 Å². The Morgan fingerprint density at radius 3 is 2.19 bits per heavy atom. The number of rotatable bonds is 4. The van der Waals surface area contributed by atoms with Gasteiger partial charge >= 0.3 is 0 Å². The zero-order valence-corrected chi connectivity index (χ0v) is 13.2. The number of likely N-dealkylation sites (tertiary alicyclic amines) is 2. The highest BCUT2D eigenvalue weighted by molar-refractivity contribution is 5.09. The second-order valence-electron chi connectivity index (χ2n) is 6.79. The van der Waals surface area contributed by atoms with Crippen molar-refractivity contribution >= 4 is 0 Å². The summed E-state index contributed by atoms with van der Waals surface area (Å²) >= 11 is 0. The first-order valence-corrected chi connectivity index (χ1v) is 8.74. The van der Waals surface area contributed by atoms with Crippen LogP contribution in [-0.2, 0) is 6.54 Å². The van der Waals surface area contributed by atoms with Gasteiger partial charge in [0.25, 0.3) is 0 Å². The first-order valence-electron chi connectivity index (χ1n) is 8.74. The number of nitrogens with zero attached hydrogens (tertiary/aromatic N) is 3. The van der Waals surface area contributed by atoms with Gasteiger partial charge in [-0.1, -0.05) is 12.8 Å². The van der Waals surface area contributed by atoms with Crippen molar-refractivity contribution in [2.24, 2.45) is 5.92 Å². The Hall–Kier alpha value is -0.930. The maximum atomic E-state index is 4.10. The highest BCUT2D eigenvalue weighted by atomic mass is 15.1. The van der Waals surface area contributed by atoms with Crippen molar-refractivity contribution in [2.45, 2.75) is 45.1 Å². The van der Waals surface area contributed by atoms with Crippen molar-refractivity contribution in [2.75, 3.05) is 32.7 Å². The van der Waals surface area contributed by atoms with E-state index in [4.69, 9.17) is 0 Å². The van der Waals surface area contributed by atoms with Crippen molar-refractivity contribution in [3.63, 3.8) is 0 Å². The molecule has 0 N–H and O–H groups in total. The molecule has 2 aliphatic heterocycles. The molecule has 0 spiro atoms. The van der Waals surface area contributed by atoms with E-state index >= 15 is 0 Å². The van der Waals surface area contributed by atoms with E-state index in [0.717, 1.165) is 12.5 Å². The van der Waals surface area contributed by atoms with E-state index in [-0.39, 0.29) is 0 Å². The molecule has 0 atom stereocenters. The molecule has 1 aromatic heterocycles. The van der Waals surface area contributed by atoms with Crippen molar-refractivity contribution in [1.29, 1.82) is 0 Å². The van der Waals surface area contributed by atoms with E-state index < -0.39 is 0 Å². The van der Waals surface area contributed by atoms with Gasteiger partial charge in [-0.25, -0.2) is 0 Å². The molecule has 0 saturated carbocycles. The topological polar surface area (TPSA) is 19.4 Å². The second-order valence-corrected chi connectivity index (χ2v) is 6.79. The lowest BCUT2D eigenvalue weighted by Crippen LogP contribution is -2.38. The minimum atomic E-state index is 0.928. The Morgan fingerprint density at radius 1 is 0.857 bits per heavy atom. The van der Waals surface area contributed by atoms with Gasteiger partial charge in [0.2, 0.25) is 0 Å². The fourth-order valence-electron chi connectivity index (χ4n) is 3.76. The Morgan fingerprint density at radius 2 is 1.52 bits per heavy atom. The van der Waals surface area contributed by atoms with Crippen molar-refractivity contribution in [1.82, 2.24) is 14.8 Å². The third-order valence-electron chi connectivity index (χ3n) is 5.08. The summed E-state index contributed by atoms with van der Waals surface area (Å²) in [5.41, 5.74) is 1.40. The van der Waals surface area contributed by atoms with E-state index in [2.05, 4.69) is 26.9 Å². The molecular formula is C18H29N3. The van der Waals surface area contributed by atoms with E-state index in [1.165, 1.54) is 76.8 Å². The van der Waals surface area contributed by atoms with E-state index in [1.807, 2.05) is 12.4 Å². The van der Waals surface area contributed by atoms with Crippen LogP contribution in [0.2, 0.25) is 0 Å². The fourth-order valence-corrected chi connectivity index (χ4v) is 3.76. The van der Waals surface area contributed by atoms with Crippen LogP contribution in [0.5, 0.6) is 0 Å². The minimum absolute atomic E-state index is 0.928. The van der Waals surface area contributed by atoms with Crippen molar-refractivity contribution in [3.8, 4) is 0 Å². The van der Waals surface area contributed by atoms with Gasteiger partial charge in [0.15, 0.2) is 0 Å². The third kappa shape index (κ3) is 4.79. The van der Waals surface area contributed by atoms with E-state index in [1.54, 1.807) is 0 Å². The quantitative estimate of drug-likeness (QED) is 0.848. The van der Waals surface area contributed by atoms with Crippen molar-refractivity contribution in [3.05, 3.63) is 30.1 Å². The van der Waals surface area contributed by atoms with Gasteiger partial charge in [-0.2, -0.15) is 0 Å². The second kappa shape index (κ2) is 7.90. The first kappa shape index (κ1) is 15.0. The lowest BCUT2D eigenvalue weighted by Gasteiger charge is -2.34. The summed E-state index contributed by atoms with van der Waals surface area (Å²) < 4.78 is 0. The number of piperidine rings is 1. The van der Waals surface area contributed by atoms with Crippen LogP contribution in [0, 0.1) is 5.92 Å². The predicted molar refractivity (Wildman–Crippen MR) is 87.1 cm³/mol. The summed E-state index contributed by atoms with van der Waals surface area (Å²) in [6, 6.07) is 4.28. The lowest BCUT2D eigenvalue weighted by molar-refractivity contribution is 0.140. The average Bonchev–Trinajstić information content (AvgIpc) is 2.79. The Balaban J connectivity index is 1.40. The smallest absolute Gasteiger partial charge is 0.0271 e. The number of hydrogen-bond donors (Lipinski definition) is 0. The molecule has 1 aromatic rings. The lowest BCUT2D eigenvalue weighted by atomic mass is 9.95. The minimum Gasteiger partial charge on any atom is -0.303 e. The summed E-state index contributed by atoms with van der Waals surface area (Å²) in [4.78, 5) is 9.44. The number of hydrogen-bond acceptors (Lipinski definition) is 3. The van der Waals surface area contributed by atoms with Crippen LogP contribution in [0.1, 0.15) is 44.1 Å². The van der Waals surface area contributed by atoms with E-state index in [0.29, 0.717) is 0 Å². The third-order valence-corrected chi connectivity index (χ3v) is 5.08. The highest BCUT2D eigenvalue weighted by Crippen LogP contribution is 2.21. The van der Waals surface area contributed by atoms with Crippen LogP contribution in [0.4, 0.5) is 0 Å². The highest BCUT2D eigenvalue weighted by Gasteiger charge is 2.21. The van der Waals surface area contributed by atoms with Gasteiger partial charge in [-0.3, -0.25) is 9.88 Å². The van der Waals surface area contributed by atoms with Crippen molar-refractivity contribution < 1.29 is 0 Å². The normalized spacial score (nSPS) is 23.0. The van der Waals surface area contributed by atoms with Crippen LogP contribution < -0.4 is 0 Å². The molecule has 0 unspecified atom stereocenters. The van der Waals surface area contributed by atoms with Gasteiger partial charge < -0.3 is 4.90 Å². The van der Waals surface area contributed by atoms with Gasteiger partial charge in [0.1, 0.15) is 0 Å². The largest absolute Gasteiger partial charge is 0.303 e. The molecular weight excluding hydrogens is 258 g/mol. The van der Waals surface area contributed by atoms with Crippen LogP contribution in [-0.4, -0.2) is 47.5 Å². The van der Waals surface area contributed by atoms with Gasteiger partial charge in [-0.05, 0) is 75.5 Å². The molecule has 21 heavy (non-hydrogen) atoms. The summed E-state index contributed by atoms with van der Waals surface area (Å²) in [6.45, 7) is 7.66. The molecule has 3 rings (SSSR count). The molecule has 3 heteroatoms. The molecule has 2 fully saturated rings. The van der Waals surface area contributed by atoms with Crippen LogP contribution in [0.15, 0.2) is 24.5 Å². The van der Waals surface area contributed by atoms with E-state index in [9.17, 15) is 0 Å². The summed E-state index contributed by atoms with van der Waals surface area (Å²) in [5.74, 6) is 0.928. The summed E-state index contributed by atoms with van der Waals surface area (Å²) in [5, 5.41) is 0. The zero-order valence-electron chi connectivity index (χ0n) is 13.2. The molecule has 2 saturated heterocycles. The Bertz CT molecular complexity index is 390. The Kier molecular flexibility index (Phi) is 5.64. The molecule has 3 heterocycles. The average molecular weight is 287 g/mol. The first-order chi connectivity index (χ1) is 10.4. The fraction of sp³-hybridized carbons (Fsp3) is 0.722. The molecule has 0 aliphatic carbocycles. The molecule has 0 bridgehead atoms. The Labute approximate surface area is 129 Å². The van der Waals surface area contributed by atoms with Crippen LogP contribution >= 0.6 is 0 Å². The summed E-state index contributed by atoms with van der Waals surface area (Å²) in [7, 11) is 0. The van der Waals surface area contributed by atoms with Gasteiger partial charge in [0, 0.05) is 25.5 Å². The molecule has 116 valence electrons. The molecule has 0 aromatic carbocycles. The SMILES string of the molecule is c1cc(CN2CCC(CN3CCCCCC3)CC2)ccn1. The summed E-state index contributed by atoms with van der Waals surface area (Å²) in [6.07, 6.45) is 12.3. The molecule has 3 nitrogen and oxygen atoms in total. The zero-order chi connectivity index (χ0) is 14.3. The van der Waals surface area contributed by atoms with Crippen LogP contribution in [0.3, 0.4) is 0 Å². The maximum Gasteiger partial charge on any atom is 0.0271 e. The molecule has 0 radical (unpaired) electrons. The number of aromatic nitrogens is 1. The van der Waals surface area contributed by atoms with Crippen LogP contribution in [0.25, 0.3) is 0 Å². The molecule has 2 aliphatic rings. The number of pyridine rings is 1. The maximum absolute atomic E-state index is 4.10. The monoisotopic (exact) mass is 287 g/mol. The predicted octanol–water partition coefficient (Wildman–Crippen LogP) is 3.17. The molecule has 0 amide bonds. The van der Waals surface area contributed by atoms with Gasteiger partial charge in [0.05, 0.1) is 0 Å².